The van der Waals surface area contributed by atoms with Gasteiger partial charge in [-0.3, -0.25) is 0 Å². The number of hydrogen-bond acceptors (Lipinski definition) is 5. The molecule has 0 aliphatic carbocycles. The van der Waals surface area contributed by atoms with Gasteiger partial charge in [-0.15, -0.1) is 0 Å². The molecule has 0 amide bonds. The number of rotatable bonds is 3. The monoisotopic (exact) mass is 302 g/mol. The smallest absolute Gasteiger partial charge is 0.162 e. The van der Waals surface area contributed by atoms with Gasteiger partial charge in [0.25, 0.3) is 0 Å². The second-order valence-corrected chi connectivity index (χ2v) is 4.87. The summed E-state index contributed by atoms with van der Waals surface area (Å²) in [5.74, 6) is 1.34. The highest BCUT2D eigenvalue weighted by atomic mass is 16.5. The molecule has 112 valence electrons. The highest BCUT2D eigenvalue weighted by Crippen LogP contribution is 2.29. The molecular formula is C18H14N4O. The van der Waals surface area contributed by atoms with Crippen molar-refractivity contribution in [2.45, 2.75) is 0 Å². The number of anilines is 1. The average Bonchev–Trinajstić information content (AvgIpc) is 2.61. The third-order valence-corrected chi connectivity index (χ3v) is 3.42. The Morgan fingerprint density at radius 3 is 2.43 bits per heavy atom. The Bertz CT molecular complexity index is 885. The van der Waals surface area contributed by atoms with Crippen molar-refractivity contribution in [1.82, 2.24) is 9.97 Å². The Kier molecular flexibility index (Phi) is 3.89. The summed E-state index contributed by atoms with van der Waals surface area (Å²) in [6, 6.07) is 19.0. The number of ether oxygens (including phenoxy) is 1. The molecule has 1 heterocycles. The van der Waals surface area contributed by atoms with Gasteiger partial charge in [-0.05, 0) is 12.1 Å². The van der Waals surface area contributed by atoms with E-state index in [0.29, 0.717) is 17.3 Å². The lowest BCUT2D eigenvalue weighted by molar-refractivity contribution is 0.415. The third kappa shape index (κ3) is 2.83. The SMILES string of the molecule is COc1cccc(-c2nc(-c3ccccc3)nc(N)c2C#N)c1. The maximum Gasteiger partial charge on any atom is 0.162 e. The Balaban J connectivity index is 2.22. The summed E-state index contributed by atoms with van der Waals surface area (Å²) in [4.78, 5) is 8.81. The van der Waals surface area contributed by atoms with E-state index in [-0.39, 0.29) is 11.4 Å². The predicted octanol–water partition coefficient (Wildman–Crippen LogP) is 3.27. The van der Waals surface area contributed by atoms with Gasteiger partial charge in [0.05, 0.1) is 12.8 Å². The largest absolute Gasteiger partial charge is 0.497 e. The van der Waals surface area contributed by atoms with Crippen molar-refractivity contribution in [3.63, 3.8) is 0 Å². The highest BCUT2D eigenvalue weighted by molar-refractivity contribution is 5.75. The second-order valence-electron chi connectivity index (χ2n) is 4.87. The van der Waals surface area contributed by atoms with Crippen molar-refractivity contribution in [2.24, 2.45) is 0 Å². The molecule has 5 heteroatoms. The maximum absolute atomic E-state index is 9.41. The minimum Gasteiger partial charge on any atom is -0.497 e. The van der Waals surface area contributed by atoms with Crippen LogP contribution >= 0.6 is 0 Å². The Hall–Kier alpha value is -3.39. The zero-order chi connectivity index (χ0) is 16.2. The Morgan fingerprint density at radius 2 is 1.74 bits per heavy atom. The highest BCUT2D eigenvalue weighted by Gasteiger charge is 2.15. The minimum atomic E-state index is 0.166. The molecular weight excluding hydrogens is 288 g/mol. The van der Waals surface area contributed by atoms with Crippen LogP contribution < -0.4 is 10.5 Å². The summed E-state index contributed by atoms with van der Waals surface area (Å²) >= 11 is 0. The fourth-order valence-electron chi connectivity index (χ4n) is 2.28. The lowest BCUT2D eigenvalue weighted by atomic mass is 10.1. The molecule has 0 aliphatic rings. The standard InChI is InChI=1S/C18H14N4O/c1-23-14-9-5-8-13(10-14)16-15(11-19)17(20)22-18(21-16)12-6-3-2-4-7-12/h2-10H,1H3,(H2,20,21,22). The number of methoxy groups -OCH3 is 1. The molecule has 0 saturated carbocycles. The van der Waals surface area contributed by atoms with Crippen LogP contribution in [0.15, 0.2) is 54.6 Å². The number of benzene rings is 2. The van der Waals surface area contributed by atoms with E-state index in [0.717, 1.165) is 11.1 Å². The van der Waals surface area contributed by atoms with Crippen LogP contribution in [0.25, 0.3) is 22.6 Å². The van der Waals surface area contributed by atoms with E-state index < -0.39 is 0 Å². The van der Waals surface area contributed by atoms with E-state index in [2.05, 4.69) is 16.0 Å². The van der Waals surface area contributed by atoms with Crippen LogP contribution in [0.3, 0.4) is 0 Å². The van der Waals surface area contributed by atoms with E-state index in [9.17, 15) is 5.26 Å². The van der Waals surface area contributed by atoms with Crippen molar-refractivity contribution in [1.29, 1.82) is 5.26 Å². The maximum atomic E-state index is 9.41. The van der Waals surface area contributed by atoms with Gasteiger partial charge in [-0.2, -0.15) is 5.26 Å². The molecule has 0 spiro atoms. The first-order chi connectivity index (χ1) is 11.2. The van der Waals surface area contributed by atoms with Crippen molar-refractivity contribution < 1.29 is 4.74 Å². The summed E-state index contributed by atoms with van der Waals surface area (Å²) in [6.07, 6.45) is 0. The number of nitrogens with two attached hydrogens (primary N) is 1. The molecule has 0 aliphatic heterocycles. The molecule has 0 radical (unpaired) electrons. The Morgan fingerprint density at radius 1 is 1.00 bits per heavy atom. The molecule has 2 aromatic carbocycles. The van der Waals surface area contributed by atoms with Gasteiger partial charge >= 0.3 is 0 Å². The molecule has 0 atom stereocenters. The van der Waals surface area contributed by atoms with Crippen LogP contribution in [-0.2, 0) is 0 Å². The topological polar surface area (TPSA) is 84.8 Å². The van der Waals surface area contributed by atoms with E-state index in [1.54, 1.807) is 7.11 Å². The normalized spacial score (nSPS) is 10.1. The van der Waals surface area contributed by atoms with E-state index >= 15 is 0 Å². The third-order valence-electron chi connectivity index (χ3n) is 3.42. The van der Waals surface area contributed by atoms with Gasteiger partial charge in [0.2, 0.25) is 0 Å². The fourth-order valence-corrected chi connectivity index (χ4v) is 2.28. The molecule has 0 bridgehead atoms. The Labute approximate surface area is 134 Å². The summed E-state index contributed by atoms with van der Waals surface area (Å²) in [6.45, 7) is 0. The van der Waals surface area contributed by atoms with Crippen LogP contribution in [0.2, 0.25) is 0 Å². The molecule has 2 N–H and O–H groups in total. The zero-order valence-electron chi connectivity index (χ0n) is 12.5. The number of nitrogen functional groups attached to an aromatic ring is 1. The second kappa shape index (κ2) is 6.16. The summed E-state index contributed by atoms with van der Waals surface area (Å²) in [5.41, 5.74) is 8.33. The number of nitrogens with zero attached hydrogens (tertiary/aromatic N) is 3. The zero-order valence-corrected chi connectivity index (χ0v) is 12.5. The van der Waals surface area contributed by atoms with E-state index in [4.69, 9.17) is 10.5 Å². The lowest BCUT2D eigenvalue weighted by Gasteiger charge is -2.10. The van der Waals surface area contributed by atoms with Crippen LogP contribution in [0, 0.1) is 11.3 Å². The first-order valence-electron chi connectivity index (χ1n) is 7.00. The number of hydrogen-bond donors (Lipinski definition) is 1. The summed E-state index contributed by atoms with van der Waals surface area (Å²) in [7, 11) is 1.59. The van der Waals surface area contributed by atoms with E-state index in [1.165, 1.54) is 0 Å². The molecule has 0 unspecified atom stereocenters. The van der Waals surface area contributed by atoms with E-state index in [1.807, 2.05) is 54.6 Å². The van der Waals surface area contributed by atoms with Crippen molar-refractivity contribution >= 4 is 5.82 Å². The predicted molar refractivity (Wildman–Crippen MR) is 88.6 cm³/mol. The molecule has 1 aromatic heterocycles. The quantitative estimate of drug-likeness (QED) is 0.802. The first kappa shape index (κ1) is 14.5. The van der Waals surface area contributed by atoms with Gasteiger partial charge in [-0.1, -0.05) is 42.5 Å². The number of aromatic nitrogens is 2. The molecule has 0 saturated heterocycles. The molecule has 23 heavy (non-hydrogen) atoms. The van der Waals surface area contributed by atoms with Crippen molar-refractivity contribution in [3.8, 4) is 34.5 Å². The van der Waals surface area contributed by atoms with Crippen LogP contribution in [-0.4, -0.2) is 17.1 Å². The summed E-state index contributed by atoms with van der Waals surface area (Å²) in [5, 5.41) is 9.41. The van der Waals surface area contributed by atoms with Gasteiger partial charge in [-0.25, -0.2) is 9.97 Å². The molecule has 0 fully saturated rings. The van der Waals surface area contributed by atoms with Gasteiger partial charge in [0.15, 0.2) is 5.82 Å². The molecule has 3 aromatic rings. The summed E-state index contributed by atoms with van der Waals surface area (Å²) < 4.78 is 5.24. The van der Waals surface area contributed by atoms with Gasteiger partial charge in [0, 0.05) is 11.1 Å². The van der Waals surface area contributed by atoms with Crippen molar-refractivity contribution in [3.05, 3.63) is 60.2 Å². The fraction of sp³-hybridized carbons (Fsp3) is 0.0556. The van der Waals surface area contributed by atoms with Crippen LogP contribution in [0.5, 0.6) is 5.75 Å². The molecule has 3 rings (SSSR count). The van der Waals surface area contributed by atoms with Gasteiger partial charge < -0.3 is 10.5 Å². The number of nitriles is 1. The molecule has 5 nitrogen and oxygen atoms in total. The van der Waals surface area contributed by atoms with Crippen LogP contribution in [0.4, 0.5) is 5.82 Å². The average molecular weight is 302 g/mol. The minimum absolute atomic E-state index is 0.166. The van der Waals surface area contributed by atoms with Crippen LogP contribution in [0.1, 0.15) is 5.56 Å². The lowest BCUT2D eigenvalue weighted by Crippen LogP contribution is -2.03. The van der Waals surface area contributed by atoms with Gasteiger partial charge in [0.1, 0.15) is 23.2 Å². The van der Waals surface area contributed by atoms with Crippen molar-refractivity contribution in [2.75, 3.05) is 12.8 Å². The first-order valence-corrected chi connectivity index (χ1v) is 7.00.